The van der Waals surface area contributed by atoms with Gasteiger partial charge in [0, 0.05) is 21.8 Å². The molecule has 2 fully saturated rings. The number of rotatable bonds is 1. The predicted octanol–water partition coefficient (Wildman–Crippen LogP) is 4.55. The molecule has 2 saturated heterocycles. The number of carbonyl (C=O) groups excluding carboxylic acids is 1. The fourth-order valence-corrected chi connectivity index (χ4v) is 6.40. The van der Waals surface area contributed by atoms with E-state index in [0.29, 0.717) is 22.8 Å². The topological polar surface area (TPSA) is 20.3 Å². The van der Waals surface area contributed by atoms with Gasteiger partial charge in [-0.1, -0.05) is 22.4 Å². The lowest BCUT2D eigenvalue weighted by molar-refractivity contribution is 0.0608. The Morgan fingerprint density at radius 3 is 2.62 bits per heavy atom. The molecule has 2 nitrogen and oxygen atoms in total. The number of piperidine rings is 1. The Hall–Kier alpha value is -0.350. The zero-order valence-electron chi connectivity index (χ0n) is 12.3. The van der Waals surface area contributed by atoms with Crippen LogP contribution in [0.5, 0.6) is 0 Å². The minimum absolute atomic E-state index is 0.319. The van der Waals surface area contributed by atoms with E-state index >= 15 is 0 Å². The minimum atomic E-state index is 0.319. The van der Waals surface area contributed by atoms with Gasteiger partial charge in [-0.25, -0.2) is 0 Å². The van der Waals surface area contributed by atoms with Gasteiger partial charge in [0.05, 0.1) is 4.88 Å². The summed E-state index contributed by atoms with van der Waals surface area (Å²) >= 11 is 5.54. The summed E-state index contributed by atoms with van der Waals surface area (Å²) in [6.07, 6.45) is 10.9. The maximum atomic E-state index is 13.0. The van der Waals surface area contributed by atoms with Crippen LogP contribution in [-0.4, -0.2) is 27.7 Å². The summed E-state index contributed by atoms with van der Waals surface area (Å²) < 4.78 is 0. The van der Waals surface area contributed by atoms with Crippen molar-refractivity contribution >= 4 is 33.2 Å². The molecule has 0 saturated carbocycles. The standard InChI is InChI=1S/C17H22BrNOS/c18-12-9-13-6-7-14(10-12)19(13)17(20)16-8-11-4-2-1-3-5-15(11)21-16/h8,12-14H,1-7,9-10H2. The summed E-state index contributed by atoms with van der Waals surface area (Å²) in [5.74, 6) is 0.319. The molecule has 4 rings (SSSR count). The molecule has 2 aliphatic heterocycles. The van der Waals surface area contributed by atoms with Crippen molar-refractivity contribution in [2.24, 2.45) is 0 Å². The summed E-state index contributed by atoms with van der Waals surface area (Å²) in [7, 11) is 0. The van der Waals surface area contributed by atoms with E-state index < -0.39 is 0 Å². The quantitative estimate of drug-likeness (QED) is 0.526. The normalized spacial score (nSPS) is 31.9. The summed E-state index contributed by atoms with van der Waals surface area (Å²) in [4.78, 5) is 18.3. The molecule has 1 aromatic rings. The second kappa shape index (κ2) is 5.69. The summed E-state index contributed by atoms with van der Waals surface area (Å²) in [6.45, 7) is 0. The van der Waals surface area contributed by atoms with Crippen LogP contribution in [0, 0.1) is 0 Å². The van der Waals surface area contributed by atoms with Crippen molar-refractivity contribution in [3.05, 3.63) is 21.4 Å². The lowest BCUT2D eigenvalue weighted by Gasteiger charge is -2.37. The van der Waals surface area contributed by atoms with E-state index in [9.17, 15) is 4.79 Å². The zero-order valence-corrected chi connectivity index (χ0v) is 14.7. The molecule has 0 radical (unpaired) electrons. The van der Waals surface area contributed by atoms with Gasteiger partial charge in [-0.15, -0.1) is 11.3 Å². The molecule has 2 bridgehead atoms. The Kier molecular flexibility index (Phi) is 3.86. The van der Waals surface area contributed by atoms with Crippen molar-refractivity contribution in [3.8, 4) is 0 Å². The number of amides is 1. The van der Waals surface area contributed by atoms with Crippen molar-refractivity contribution in [3.63, 3.8) is 0 Å². The van der Waals surface area contributed by atoms with Crippen LogP contribution < -0.4 is 0 Å². The highest BCUT2D eigenvalue weighted by atomic mass is 79.9. The highest BCUT2D eigenvalue weighted by Crippen LogP contribution is 2.40. The van der Waals surface area contributed by atoms with Crippen molar-refractivity contribution in [1.29, 1.82) is 0 Å². The molecule has 1 aromatic heterocycles. The molecule has 1 aliphatic carbocycles. The lowest BCUT2D eigenvalue weighted by Crippen LogP contribution is -2.46. The monoisotopic (exact) mass is 367 g/mol. The molecule has 0 spiro atoms. The molecule has 1 amide bonds. The van der Waals surface area contributed by atoms with E-state index in [4.69, 9.17) is 0 Å². The Labute approximate surface area is 139 Å². The third-order valence-electron chi connectivity index (χ3n) is 5.37. The molecular formula is C17H22BrNOS. The Balaban J connectivity index is 1.58. The third-order valence-corrected chi connectivity index (χ3v) is 7.34. The summed E-state index contributed by atoms with van der Waals surface area (Å²) in [5, 5.41) is 0. The van der Waals surface area contributed by atoms with Gasteiger partial charge in [-0.05, 0) is 63.0 Å². The van der Waals surface area contributed by atoms with Crippen LogP contribution in [0.4, 0.5) is 0 Å². The maximum absolute atomic E-state index is 13.0. The highest BCUT2D eigenvalue weighted by Gasteiger charge is 2.43. The first-order valence-electron chi connectivity index (χ1n) is 8.30. The van der Waals surface area contributed by atoms with Gasteiger partial charge in [-0.3, -0.25) is 4.79 Å². The number of aryl methyl sites for hydroxylation is 2. The van der Waals surface area contributed by atoms with Crippen LogP contribution in [0.2, 0.25) is 0 Å². The fourth-order valence-electron chi connectivity index (χ4n) is 4.34. The molecule has 21 heavy (non-hydrogen) atoms. The largest absolute Gasteiger partial charge is 0.332 e. The fraction of sp³-hybridized carbons (Fsp3) is 0.706. The number of hydrogen-bond acceptors (Lipinski definition) is 2. The molecule has 4 heteroatoms. The van der Waals surface area contributed by atoms with Gasteiger partial charge in [-0.2, -0.15) is 0 Å². The van der Waals surface area contributed by atoms with Crippen LogP contribution >= 0.6 is 27.3 Å². The number of fused-ring (bicyclic) bond motifs is 3. The van der Waals surface area contributed by atoms with E-state index in [-0.39, 0.29) is 0 Å². The van der Waals surface area contributed by atoms with Crippen molar-refractivity contribution in [2.75, 3.05) is 0 Å². The predicted molar refractivity (Wildman–Crippen MR) is 90.5 cm³/mol. The van der Waals surface area contributed by atoms with Gasteiger partial charge < -0.3 is 4.90 Å². The molecule has 2 atom stereocenters. The van der Waals surface area contributed by atoms with Gasteiger partial charge in [0.25, 0.3) is 5.91 Å². The molecule has 2 unspecified atom stereocenters. The van der Waals surface area contributed by atoms with E-state index in [1.807, 2.05) is 0 Å². The van der Waals surface area contributed by atoms with Crippen LogP contribution in [0.25, 0.3) is 0 Å². The van der Waals surface area contributed by atoms with Crippen LogP contribution in [0.3, 0.4) is 0 Å². The molecule has 3 heterocycles. The third kappa shape index (κ3) is 2.59. The average molecular weight is 368 g/mol. The SMILES string of the molecule is O=C(c1cc2c(s1)CCCCC2)N1C2CCC1CC(Br)C2. The van der Waals surface area contributed by atoms with Crippen LogP contribution in [0.1, 0.15) is 65.1 Å². The molecule has 114 valence electrons. The second-order valence-electron chi connectivity index (χ2n) is 6.79. The molecule has 0 N–H and O–H groups in total. The lowest BCUT2D eigenvalue weighted by atomic mass is 10.0. The average Bonchev–Trinajstić information content (AvgIpc) is 2.90. The van der Waals surface area contributed by atoms with E-state index in [1.165, 1.54) is 55.4 Å². The van der Waals surface area contributed by atoms with Crippen LogP contribution in [0.15, 0.2) is 6.07 Å². The first-order valence-corrected chi connectivity index (χ1v) is 10.0. The number of thiophene rings is 1. The van der Waals surface area contributed by atoms with Crippen LogP contribution in [-0.2, 0) is 12.8 Å². The number of carbonyl (C=O) groups is 1. The van der Waals surface area contributed by atoms with E-state index in [1.54, 1.807) is 11.3 Å². The van der Waals surface area contributed by atoms with Crippen molar-refractivity contribution < 1.29 is 4.79 Å². The second-order valence-corrected chi connectivity index (χ2v) is 9.22. The van der Waals surface area contributed by atoms with Crippen molar-refractivity contribution in [1.82, 2.24) is 4.90 Å². The van der Waals surface area contributed by atoms with E-state index in [2.05, 4.69) is 26.9 Å². The first-order chi connectivity index (χ1) is 10.2. The highest BCUT2D eigenvalue weighted by molar-refractivity contribution is 9.09. The van der Waals surface area contributed by atoms with Gasteiger partial charge >= 0.3 is 0 Å². The summed E-state index contributed by atoms with van der Waals surface area (Å²) in [5.41, 5.74) is 1.46. The number of halogens is 1. The maximum Gasteiger partial charge on any atom is 0.264 e. The summed E-state index contributed by atoms with van der Waals surface area (Å²) in [6, 6.07) is 3.16. The van der Waals surface area contributed by atoms with Crippen molar-refractivity contribution in [2.45, 2.75) is 74.7 Å². The molecule has 0 aromatic carbocycles. The minimum Gasteiger partial charge on any atom is -0.332 e. The number of alkyl halides is 1. The number of nitrogens with zero attached hydrogens (tertiary/aromatic N) is 1. The number of hydrogen-bond donors (Lipinski definition) is 0. The molecular weight excluding hydrogens is 346 g/mol. The molecule has 3 aliphatic rings. The Bertz CT molecular complexity index is 517. The smallest absolute Gasteiger partial charge is 0.264 e. The van der Waals surface area contributed by atoms with Gasteiger partial charge in [0.15, 0.2) is 0 Å². The Morgan fingerprint density at radius 1 is 1.14 bits per heavy atom. The Morgan fingerprint density at radius 2 is 1.86 bits per heavy atom. The van der Waals surface area contributed by atoms with E-state index in [0.717, 1.165) is 17.7 Å². The zero-order chi connectivity index (χ0) is 14.4. The van der Waals surface area contributed by atoms with Gasteiger partial charge in [0.2, 0.25) is 0 Å². The van der Waals surface area contributed by atoms with Gasteiger partial charge in [0.1, 0.15) is 0 Å². The first kappa shape index (κ1) is 14.3.